The molecule has 0 N–H and O–H groups in total. The first kappa shape index (κ1) is 36.6. The fourth-order valence-electron chi connectivity index (χ4n) is 8.63. The Morgan fingerprint density at radius 1 is 0.373 bits per heavy atom. The van der Waals surface area contributed by atoms with E-state index >= 15 is 0 Å². The number of rotatable bonds is 7. The van der Waals surface area contributed by atoms with Crippen molar-refractivity contribution in [2.75, 3.05) is 0 Å². The molecule has 0 spiro atoms. The number of aromatic nitrogens is 3. The molecule has 280 valence electrons. The first-order valence-corrected chi connectivity index (χ1v) is 27.6. The van der Waals surface area contributed by atoms with Gasteiger partial charge in [-0.15, -0.1) is 0 Å². The molecule has 0 aliphatic rings. The molecule has 0 saturated heterocycles. The molecule has 0 aliphatic heterocycles. The molecule has 0 aliphatic carbocycles. The van der Waals surface area contributed by atoms with Gasteiger partial charge in [0, 0.05) is 0 Å². The number of hydrogen-bond donors (Lipinski definition) is 0. The summed E-state index contributed by atoms with van der Waals surface area (Å²) in [7, 11) is 0. The van der Waals surface area contributed by atoms with Gasteiger partial charge in [-0.05, 0) is 0 Å². The second-order valence-electron chi connectivity index (χ2n) is 14.9. The number of benzene rings is 8. The Morgan fingerprint density at radius 3 is 1.51 bits per heavy atom. The summed E-state index contributed by atoms with van der Waals surface area (Å²) >= 11 is 7.46. The predicted molar refractivity (Wildman–Crippen MR) is 257 cm³/mol. The van der Waals surface area contributed by atoms with Gasteiger partial charge in [0.1, 0.15) is 0 Å². The molecule has 3 aromatic heterocycles. The molecule has 7 heteroatoms. The second-order valence-corrected chi connectivity index (χ2v) is 27.3. The molecule has 0 fully saturated rings. The van der Waals surface area contributed by atoms with Gasteiger partial charge in [-0.25, -0.2) is 0 Å². The van der Waals surface area contributed by atoms with Gasteiger partial charge in [0.05, 0.1) is 0 Å². The average molecular weight is 922 g/mol. The van der Waals surface area contributed by atoms with Crippen molar-refractivity contribution in [1.82, 2.24) is 14.4 Å². The number of pyridine rings is 2. The maximum atomic E-state index is 5.32. The maximum absolute atomic E-state index is 5.32. The summed E-state index contributed by atoms with van der Waals surface area (Å²) in [5, 5.41) is 12.4. The molecule has 3 nitrogen and oxygen atoms in total. The van der Waals surface area contributed by atoms with Crippen LogP contribution in [0.15, 0.2) is 212 Å². The van der Waals surface area contributed by atoms with Crippen LogP contribution < -0.4 is 31.8 Å². The van der Waals surface area contributed by atoms with Gasteiger partial charge in [-0.1, -0.05) is 0 Å². The number of fused-ring (bicyclic) bond motifs is 9. The van der Waals surface area contributed by atoms with Gasteiger partial charge in [-0.2, -0.15) is 0 Å². The first-order valence-electron chi connectivity index (χ1n) is 19.6. The molecule has 0 unspecified atom stereocenters. The van der Waals surface area contributed by atoms with E-state index in [2.05, 4.69) is 247 Å². The van der Waals surface area contributed by atoms with Gasteiger partial charge < -0.3 is 0 Å². The summed E-state index contributed by atoms with van der Waals surface area (Å²) in [6.45, 7) is 0. The third-order valence-corrected chi connectivity index (χ3v) is 25.6. The predicted octanol–water partition coefficient (Wildman–Crippen LogP) is 9.76. The standard InChI is InChI=1S/C52H35N3P2Se2/c58-56(39-15-5-1-6-16-39,40-17-7-2-8-18-40)43-28-29-46-45-23-13-14-24-47(45)52-54-48-30-27-37(33-51(48)55(52)50(46)34-43)36-25-26-38-31-44(35-53-49(38)32-36)57(59,41-19-9-3-10-20-41)42-21-11-4-12-22-42/h1-35H. The molecule has 11 aromatic rings. The molecule has 0 saturated carbocycles. The molecule has 0 amide bonds. The van der Waals surface area contributed by atoms with E-state index in [-0.39, 0.29) is 0 Å². The van der Waals surface area contributed by atoms with Crippen molar-refractivity contribution in [2.24, 2.45) is 0 Å². The Labute approximate surface area is 357 Å². The number of imidazole rings is 1. The van der Waals surface area contributed by atoms with Crippen molar-refractivity contribution >= 4 is 122 Å². The normalized spacial score (nSPS) is 12.2. The van der Waals surface area contributed by atoms with Crippen molar-refractivity contribution in [3.8, 4) is 11.1 Å². The van der Waals surface area contributed by atoms with E-state index in [1.165, 1.54) is 42.6 Å². The van der Waals surface area contributed by atoms with Gasteiger partial charge in [0.2, 0.25) is 0 Å². The molecule has 8 aromatic carbocycles. The van der Waals surface area contributed by atoms with Crippen LogP contribution in [0.25, 0.3) is 60.4 Å². The zero-order valence-electron chi connectivity index (χ0n) is 31.8. The zero-order chi connectivity index (χ0) is 39.6. The topological polar surface area (TPSA) is 30.2 Å². The molecule has 11 rings (SSSR count). The Balaban J connectivity index is 1.09. The average Bonchev–Trinajstić information content (AvgIpc) is 3.71. The second kappa shape index (κ2) is 14.7. The fourth-order valence-corrected chi connectivity index (χ4v) is 18.3. The van der Waals surface area contributed by atoms with E-state index in [0.717, 1.165) is 49.6 Å². The summed E-state index contributed by atoms with van der Waals surface area (Å²) in [4.78, 5) is 10.5. The summed E-state index contributed by atoms with van der Waals surface area (Å²) in [6, 6.07) is 74.9. The first-order chi connectivity index (χ1) is 29.0. The van der Waals surface area contributed by atoms with Crippen molar-refractivity contribution in [3.63, 3.8) is 0 Å². The van der Waals surface area contributed by atoms with Crippen molar-refractivity contribution in [3.05, 3.63) is 212 Å². The summed E-state index contributed by atoms with van der Waals surface area (Å²) in [5.41, 5.74) is 3.25. The minimum atomic E-state index is -2.11. The molecule has 0 atom stereocenters. The molecule has 0 radical (unpaired) electrons. The van der Waals surface area contributed by atoms with E-state index in [4.69, 9.17) is 9.97 Å². The van der Waals surface area contributed by atoms with Crippen molar-refractivity contribution in [2.45, 2.75) is 0 Å². The van der Waals surface area contributed by atoms with Gasteiger partial charge >= 0.3 is 360 Å². The van der Waals surface area contributed by atoms with E-state index in [0.29, 0.717) is 0 Å². The monoisotopic (exact) mass is 923 g/mol. The van der Waals surface area contributed by atoms with Crippen LogP contribution in [0.2, 0.25) is 0 Å². The van der Waals surface area contributed by atoms with Gasteiger partial charge in [0.25, 0.3) is 0 Å². The molecule has 3 heterocycles. The fraction of sp³-hybridized carbons (Fsp3) is 0. The van der Waals surface area contributed by atoms with Crippen LogP contribution in [0.3, 0.4) is 0 Å². The quantitative estimate of drug-likeness (QED) is 0.0907. The van der Waals surface area contributed by atoms with Crippen LogP contribution in [-0.2, 0) is 0 Å². The van der Waals surface area contributed by atoms with E-state index in [1.807, 2.05) is 0 Å². The van der Waals surface area contributed by atoms with Gasteiger partial charge in [-0.3, -0.25) is 0 Å². The SMILES string of the molecule is [Se]=P(c1ccccc1)(c1ccccc1)c1cnc2cc(-c3ccc4nc5c6ccccc6c6ccc(P(=[Se])(c7ccccc7)c7ccccc7)cc6n5c4c3)ccc2c1. The van der Waals surface area contributed by atoms with E-state index in [9.17, 15) is 0 Å². The number of nitrogens with zero attached hydrogens (tertiary/aromatic N) is 3. The van der Waals surface area contributed by atoms with Crippen LogP contribution in [0.1, 0.15) is 0 Å². The minimum absolute atomic E-state index is 0.966. The molecular formula is C52H35N3P2Se2. The molecule has 0 bridgehead atoms. The summed E-state index contributed by atoms with van der Waals surface area (Å²) < 4.78 is 2.39. The Morgan fingerprint density at radius 2 is 0.898 bits per heavy atom. The van der Waals surface area contributed by atoms with Crippen molar-refractivity contribution < 1.29 is 0 Å². The molecular weight excluding hydrogens is 886 g/mol. The number of hydrogen-bond acceptors (Lipinski definition) is 2. The van der Waals surface area contributed by atoms with Crippen LogP contribution in [0, 0.1) is 0 Å². The van der Waals surface area contributed by atoms with Gasteiger partial charge in [0.15, 0.2) is 0 Å². The van der Waals surface area contributed by atoms with Crippen LogP contribution in [0.5, 0.6) is 0 Å². The van der Waals surface area contributed by atoms with E-state index in [1.54, 1.807) is 0 Å². The van der Waals surface area contributed by atoms with Crippen LogP contribution >= 0.6 is 11.0 Å². The third-order valence-electron chi connectivity index (χ3n) is 11.5. The molecule has 59 heavy (non-hydrogen) atoms. The van der Waals surface area contributed by atoms with Crippen LogP contribution in [0.4, 0.5) is 0 Å². The van der Waals surface area contributed by atoms with Crippen LogP contribution in [-0.4, -0.2) is 44.6 Å². The van der Waals surface area contributed by atoms with Crippen molar-refractivity contribution in [1.29, 1.82) is 0 Å². The van der Waals surface area contributed by atoms with E-state index < -0.39 is 11.0 Å². The Kier molecular flexibility index (Phi) is 9.10. The summed E-state index contributed by atoms with van der Waals surface area (Å²) in [6.07, 6.45) is 2.08. The summed E-state index contributed by atoms with van der Waals surface area (Å²) in [5.74, 6) is 0. The Hall–Kier alpha value is -5.46. The third kappa shape index (κ3) is 6.00. The zero-order valence-corrected chi connectivity index (χ0v) is 37.0. The Bertz CT molecular complexity index is 3410.